The summed E-state index contributed by atoms with van der Waals surface area (Å²) in [6.45, 7) is -0.866. The molecule has 4 unspecified atom stereocenters. The maximum absolute atomic E-state index is 12.6. The van der Waals surface area contributed by atoms with Crippen molar-refractivity contribution in [1.82, 2.24) is 25.9 Å². The van der Waals surface area contributed by atoms with Gasteiger partial charge < -0.3 is 47.7 Å². The van der Waals surface area contributed by atoms with Gasteiger partial charge in [0, 0.05) is 31.2 Å². The van der Waals surface area contributed by atoms with Gasteiger partial charge in [0.25, 0.3) is 0 Å². The van der Waals surface area contributed by atoms with E-state index in [1.165, 1.54) is 12.5 Å². The highest BCUT2D eigenvalue weighted by atomic mass is 16.4. The molecule has 0 aliphatic heterocycles. The normalized spacial score (nSPS) is 14.1. The number of H-pyrrole nitrogens is 1. The van der Waals surface area contributed by atoms with Crippen LogP contribution in [0.15, 0.2) is 12.5 Å². The lowest BCUT2D eigenvalue weighted by molar-refractivity contribution is -0.143. The van der Waals surface area contributed by atoms with Crippen LogP contribution in [0.25, 0.3) is 0 Å². The molecule has 0 saturated heterocycles. The van der Waals surface area contributed by atoms with Gasteiger partial charge in [-0.15, -0.1) is 0 Å². The fourth-order valence-electron chi connectivity index (χ4n) is 2.82. The van der Waals surface area contributed by atoms with E-state index >= 15 is 0 Å². The van der Waals surface area contributed by atoms with Gasteiger partial charge in [0.05, 0.1) is 19.0 Å². The Morgan fingerprint density at radius 3 is 2.00 bits per heavy atom. The summed E-state index contributed by atoms with van der Waals surface area (Å²) in [7, 11) is 0. The number of aliphatic hydroxyl groups excluding tert-OH is 1. The first-order chi connectivity index (χ1) is 16.4. The molecule has 1 aromatic rings. The molecule has 1 heterocycles. The number of rotatable bonds is 16. The lowest BCUT2D eigenvalue weighted by atomic mass is 10.1. The predicted octanol–water partition coefficient (Wildman–Crippen LogP) is -4.06. The molecule has 194 valence electrons. The number of carboxylic acid groups (broad SMARTS) is 2. The summed E-state index contributed by atoms with van der Waals surface area (Å²) in [5.41, 5.74) is 11.4. The zero-order valence-electron chi connectivity index (χ0n) is 18.6. The Morgan fingerprint density at radius 1 is 0.914 bits per heavy atom. The molecule has 1 aromatic heterocycles. The van der Waals surface area contributed by atoms with Crippen molar-refractivity contribution in [2.45, 2.75) is 56.3 Å². The summed E-state index contributed by atoms with van der Waals surface area (Å²) >= 11 is 0. The van der Waals surface area contributed by atoms with Crippen LogP contribution >= 0.6 is 0 Å². The van der Waals surface area contributed by atoms with Crippen LogP contribution in [-0.2, 0) is 35.2 Å². The van der Waals surface area contributed by atoms with Crippen LogP contribution in [0.1, 0.15) is 31.4 Å². The van der Waals surface area contributed by atoms with Crippen LogP contribution in [0.3, 0.4) is 0 Å². The van der Waals surface area contributed by atoms with E-state index < -0.39 is 79.2 Å². The second-order valence-corrected chi connectivity index (χ2v) is 7.53. The predicted molar refractivity (Wildman–Crippen MR) is 116 cm³/mol. The molecular weight excluding hydrogens is 470 g/mol. The number of hydrogen-bond donors (Lipinski definition) is 9. The third kappa shape index (κ3) is 10.6. The van der Waals surface area contributed by atoms with E-state index in [0.29, 0.717) is 5.69 Å². The van der Waals surface area contributed by atoms with Gasteiger partial charge in [-0.2, -0.15) is 0 Å². The highest BCUT2D eigenvalue weighted by molar-refractivity contribution is 5.94. The monoisotopic (exact) mass is 499 g/mol. The van der Waals surface area contributed by atoms with Crippen molar-refractivity contribution in [3.8, 4) is 0 Å². The van der Waals surface area contributed by atoms with Crippen LogP contribution in [0, 0.1) is 0 Å². The number of carboxylic acids is 2. The molecule has 16 heteroatoms. The molecule has 0 fully saturated rings. The Balaban J connectivity index is 2.85. The fourth-order valence-corrected chi connectivity index (χ4v) is 2.82. The smallest absolute Gasteiger partial charge is 0.326 e. The second-order valence-electron chi connectivity index (χ2n) is 7.53. The molecule has 11 N–H and O–H groups in total. The minimum absolute atomic E-state index is 0.0577. The van der Waals surface area contributed by atoms with Gasteiger partial charge in [-0.05, 0) is 12.8 Å². The Labute approximate surface area is 198 Å². The molecular formula is C19H29N7O9. The fraction of sp³-hybridized carbons (Fsp3) is 0.526. The minimum Gasteiger partial charge on any atom is -0.481 e. The minimum atomic E-state index is -1.58. The van der Waals surface area contributed by atoms with Crippen LogP contribution in [-0.4, -0.2) is 91.6 Å². The van der Waals surface area contributed by atoms with Gasteiger partial charge in [0.15, 0.2) is 0 Å². The number of hydrogen-bond acceptors (Lipinski definition) is 9. The lowest BCUT2D eigenvalue weighted by Crippen LogP contribution is -2.58. The van der Waals surface area contributed by atoms with Crippen LogP contribution in [0.5, 0.6) is 0 Å². The van der Waals surface area contributed by atoms with E-state index in [9.17, 15) is 39.0 Å². The molecule has 0 aliphatic carbocycles. The molecule has 0 bridgehead atoms. The number of nitrogens with zero attached hydrogens (tertiary/aromatic N) is 1. The van der Waals surface area contributed by atoms with E-state index in [-0.39, 0.29) is 19.3 Å². The SMILES string of the molecule is NC(=O)CCC(NC(=O)C(CO)NC(=O)C(N)Cc1cnc[nH]1)C(=O)NC(CCC(=O)O)C(=O)O. The number of nitrogens with one attached hydrogen (secondary N) is 4. The molecule has 16 nitrogen and oxygen atoms in total. The Kier molecular flexibility index (Phi) is 11.8. The number of aromatic nitrogens is 2. The lowest BCUT2D eigenvalue weighted by Gasteiger charge is -2.24. The van der Waals surface area contributed by atoms with Crippen molar-refractivity contribution in [2.24, 2.45) is 11.5 Å². The number of aliphatic hydroxyl groups is 1. The standard InChI is InChI=1S/C19H29N7O9/c20-10(5-9-6-22-8-23-9)16(31)26-13(7-27)18(33)24-11(1-3-14(21)28)17(32)25-12(19(34)35)2-4-15(29)30/h6,8,10-13,27H,1-5,7,20H2,(H2,21,28)(H,22,23)(H,24,33)(H,25,32)(H,26,31)(H,29,30)(H,34,35). The van der Waals surface area contributed by atoms with Gasteiger partial charge in [-0.25, -0.2) is 9.78 Å². The molecule has 35 heavy (non-hydrogen) atoms. The van der Waals surface area contributed by atoms with E-state index in [0.717, 1.165) is 0 Å². The van der Waals surface area contributed by atoms with Crippen LogP contribution < -0.4 is 27.4 Å². The van der Waals surface area contributed by atoms with Crippen molar-refractivity contribution in [3.05, 3.63) is 18.2 Å². The van der Waals surface area contributed by atoms with Gasteiger partial charge in [-0.3, -0.25) is 24.0 Å². The van der Waals surface area contributed by atoms with E-state index in [4.69, 9.17) is 16.6 Å². The molecule has 1 rings (SSSR count). The third-order valence-corrected chi connectivity index (χ3v) is 4.72. The molecule has 0 radical (unpaired) electrons. The molecule has 4 atom stereocenters. The third-order valence-electron chi connectivity index (χ3n) is 4.72. The van der Waals surface area contributed by atoms with Gasteiger partial charge >= 0.3 is 11.9 Å². The van der Waals surface area contributed by atoms with E-state index in [1.807, 2.05) is 0 Å². The van der Waals surface area contributed by atoms with Crippen molar-refractivity contribution in [1.29, 1.82) is 0 Å². The largest absolute Gasteiger partial charge is 0.481 e. The Bertz CT molecular complexity index is 906. The summed E-state index contributed by atoms with van der Waals surface area (Å²) in [6.07, 6.45) is 1.22. The van der Waals surface area contributed by atoms with Crippen molar-refractivity contribution in [2.75, 3.05) is 6.61 Å². The first kappa shape index (κ1) is 29.0. The molecule has 0 saturated carbocycles. The van der Waals surface area contributed by atoms with Gasteiger partial charge in [-0.1, -0.05) is 0 Å². The van der Waals surface area contributed by atoms with Gasteiger partial charge in [0.1, 0.15) is 18.1 Å². The zero-order chi connectivity index (χ0) is 26.5. The molecule has 0 spiro atoms. The topological polar surface area (TPSA) is 280 Å². The Morgan fingerprint density at radius 2 is 1.49 bits per heavy atom. The molecule has 0 aromatic carbocycles. The summed E-state index contributed by atoms with van der Waals surface area (Å²) in [4.78, 5) is 77.3. The summed E-state index contributed by atoms with van der Waals surface area (Å²) < 4.78 is 0. The first-order valence-electron chi connectivity index (χ1n) is 10.4. The summed E-state index contributed by atoms with van der Waals surface area (Å²) in [5, 5.41) is 34.1. The van der Waals surface area contributed by atoms with Gasteiger partial charge in [0.2, 0.25) is 23.6 Å². The number of imidazole rings is 1. The van der Waals surface area contributed by atoms with Crippen molar-refractivity contribution in [3.63, 3.8) is 0 Å². The number of amides is 4. The number of carbonyl (C=O) groups excluding carboxylic acids is 4. The maximum Gasteiger partial charge on any atom is 0.326 e. The number of carbonyl (C=O) groups is 6. The highest BCUT2D eigenvalue weighted by Gasteiger charge is 2.30. The average Bonchev–Trinajstić information content (AvgIpc) is 3.29. The molecule has 4 amide bonds. The zero-order valence-corrected chi connectivity index (χ0v) is 18.6. The van der Waals surface area contributed by atoms with Crippen LogP contribution in [0.4, 0.5) is 0 Å². The summed E-state index contributed by atoms with van der Waals surface area (Å²) in [5.74, 6) is -6.43. The second kappa shape index (κ2) is 14.3. The van der Waals surface area contributed by atoms with E-state index in [1.54, 1.807) is 0 Å². The summed E-state index contributed by atoms with van der Waals surface area (Å²) in [6, 6.07) is -5.69. The van der Waals surface area contributed by atoms with E-state index in [2.05, 4.69) is 25.9 Å². The Hall–Kier alpha value is -4.05. The molecule has 0 aliphatic rings. The van der Waals surface area contributed by atoms with Crippen molar-refractivity contribution < 1.29 is 44.1 Å². The average molecular weight is 499 g/mol. The number of nitrogens with two attached hydrogens (primary N) is 2. The number of primary amides is 1. The quantitative estimate of drug-likeness (QED) is 0.105. The van der Waals surface area contributed by atoms with Crippen LogP contribution in [0.2, 0.25) is 0 Å². The number of aliphatic carboxylic acids is 2. The van der Waals surface area contributed by atoms with Crippen molar-refractivity contribution >= 4 is 35.6 Å². The first-order valence-corrected chi connectivity index (χ1v) is 10.4. The number of aromatic amines is 1. The highest BCUT2D eigenvalue weighted by Crippen LogP contribution is 2.04. The maximum atomic E-state index is 12.6.